The maximum absolute atomic E-state index is 5.80. The smallest absolute Gasteiger partial charge is 0.221 e. The van der Waals surface area contributed by atoms with Gasteiger partial charge in [0.2, 0.25) is 5.88 Å². The van der Waals surface area contributed by atoms with Gasteiger partial charge in [-0.25, -0.2) is 0 Å². The molecular formula is C15H18N2O. The van der Waals surface area contributed by atoms with Crippen molar-refractivity contribution in [2.45, 2.75) is 20.8 Å². The molecule has 1 heterocycles. The quantitative estimate of drug-likeness (QED) is 0.882. The van der Waals surface area contributed by atoms with Crippen molar-refractivity contribution < 1.29 is 4.74 Å². The van der Waals surface area contributed by atoms with E-state index in [-0.39, 0.29) is 0 Å². The maximum atomic E-state index is 5.80. The van der Waals surface area contributed by atoms with Crippen LogP contribution < -0.4 is 10.1 Å². The first-order valence-electron chi connectivity index (χ1n) is 6.15. The zero-order valence-corrected chi connectivity index (χ0v) is 11.0. The van der Waals surface area contributed by atoms with E-state index in [1.54, 1.807) is 0 Å². The molecular weight excluding hydrogens is 224 g/mol. The standard InChI is InChI=1S/C15H18N2O/c1-4-16-14-6-5-7-15(17-14)18-13-9-8-11(2)10-12(13)3/h5-10H,4H2,1-3H3,(H,16,17). The molecule has 0 aliphatic carbocycles. The number of benzene rings is 1. The number of pyridine rings is 1. The third kappa shape index (κ3) is 3.00. The normalized spacial score (nSPS) is 10.2. The third-order valence-electron chi connectivity index (χ3n) is 2.63. The Labute approximate surface area is 108 Å². The molecule has 0 atom stereocenters. The second-order valence-corrected chi connectivity index (χ2v) is 4.26. The van der Waals surface area contributed by atoms with Crippen molar-refractivity contribution in [3.8, 4) is 11.6 Å². The summed E-state index contributed by atoms with van der Waals surface area (Å²) < 4.78 is 5.80. The predicted octanol–water partition coefficient (Wildman–Crippen LogP) is 3.92. The number of nitrogens with zero attached hydrogens (tertiary/aromatic N) is 1. The lowest BCUT2D eigenvalue weighted by atomic mass is 10.1. The van der Waals surface area contributed by atoms with Crippen LogP contribution in [0.2, 0.25) is 0 Å². The number of ether oxygens (including phenoxy) is 1. The van der Waals surface area contributed by atoms with Crippen LogP contribution >= 0.6 is 0 Å². The molecule has 0 bridgehead atoms. The van der Waals surface area contributed by atoms with Gasteiger partial charge in [-0.1, -0.05) is 23.8 Å². The van der Waals surface area contributed by atoms with Crippen LogP contribution in [0.4, 0.5) is 5.82 Å². The van der Waals surface area contributed by atoms with Crippen molar-refractivity contribution in [3.05, 3.63) is 47.5 Å². The molecule has 0 radical (unpaired) electrons. The van der Waals surface area contributed by atoms with Crippen molar-refractivity contribution in [2.24, 2.45) is 0 Å². The van der Waals surface area contributed by atoms with Crippen LogP contribution in [0, 0.1) is 13.8 Å². The zero-order valence-electron chi connectivity index (χ0n) is 11.0. The fourth-order valence-electron chi connectivity index (χ4n) is 1.78. The SMILES string of the molecule is CCNc1cccc(Oc2ccc(C)cc2C)n1. The van der Waals surface area contributed by atoms with Crippen LogP contribution in [-0.2, 0) is 0 Å². The molecule has 0 saturated carbocycles. The van der Waals surface area contributed by atoms with Crippen molar-refractivity contribution in [3.63, 3.8) is 0 Å². The summed E-state index contributed by atoms with van der Waals surface area (Å²) in [5, 5.41) is 3.17. The molecule has 0 spiro atoms. The Morgan fingerprint density at radius 3 is 2.72 bits per heavy atom. The largest absolute Gasteiger partial charge is 0.439 e. The molecule has 0 amide bonds. The number of hydrogen-bond donors (Lipinski definition) is 1. The van der Waals surface area contributed by atoms with Crippen molar-refractivity contribution in [2.75, 3.05) is 11.9 Å². The Bertz CT molecular complexity index is 538. The first-order valence-corrected chi connectivity index (χ1v) is 6.15. The highest BCUT2D eigenvalue weighted by atomic mass is 16.5. The van der Waals surface area contributed by atoms with E-state index >= 15 is 0 Å². The van der Waals surface area contributed by atoms with Gasteiger partial charge < -0.3 is 10.1 Å². The molecule has 1 aromatic heterocycles. The highest BCUT2D eigenvalue weighted by molar-refractivity contribution is 5.41. The molecule has 2 aromatic rings. The van der Waals surface area contributed by atoms with E-state index in [1.807, 2.05) is 44.2 Å². The van der Waals surface area contributed by atoms with Gasteiger partial charge in [-0.2, -0.15) is 4.98 Å². The summed E-state index contributed by atoms with van der Waals surface area (Å²) in [7, 11) is 0. The van der Waals surface area contributed by atoms with Gasteiger partial charge in [-0.15, -0.1) is 0 Å². The first-order chi connectivity index (χ1) is 8.69. The summed E-state index contributed by atoms with van der Waals surface area (Å²) in [6.45, 7) is 7.00. The molecule has 3 heteroatoms. The zero-order chi connectivity index (χ0) is 13.0. The summed E-state index contributed by atoms with van der Waals surface area (Å²) in [6, 6.07) is 11.8. The Hall–Kier alpha value is -2.03. The summed E-state index contributed by atoms with van der Waals surface area (Å²) in [6.07, 6.45) is 0. The van der Waals surface area contributed by atoms with Crippen molar-refractivity contribution >= 4 is 5.82 Å². The van der Waals surface area contributed by atoms with E-state index in [0.29, 0.717) is 5.88 Å². The highest BCUT2D eigenvalue weighted by Crippen LogP contribution is 2.25. The van der Waals surface area contributed by atoms with Crippen LogP contribution in [0.15, 0.2) is 36.4 Å². The summed E-state index contributed by atoms with van der Waals surface area (Å²) in [4.78, 5) is 4.39. The Morgan fingerprint density at radius 1 is 1.17 bits per heavy atom. The number of nitrogens with one attached hydrogen (secondary N) is 1. The lowest BCUT2D eigenvalue weighted by Crippen LogP contribution is -1.99. The lowest BCUT2D eigenvalue weighted by molar-refractivity contribution is 0.460. The molecule has 3 nitrogen and oxygen atoms in total. The van der Waals surface area contributed by atoms with E-state index in [9.17, 15) is 0 Å². The Kier molecular flexibility index (Phi) is 3.82. The number of anilines is 1. The van der Waals surface area contributed by atoms with E-state index in [0.717, 1.165) is 23.7 Å². The molecule has 0 aliphatic rings. The number of rotatable bonds is 4. The highest BCUT2D eigenvalue weighted by Gasteiger charge is 2.03. The van der Waals surface area contributed by atoms with E-state index < -0.39 is 0 Å². The van der Waals surface area contributed by atoms with Gasteiger partial charge in [0.1, 0.15) is 11.6 Å². The Balaban J connectivity index is 2.20. The van der Waals surface area contributed by atoms with E-state index in [1.165, 1.54) is 5.56 Å². The van der Waals surface area contributed by atoms with E-state index in [2.05, 4.69) is 23.3 Å². The second-order valence-electron chi connectivity index (χ2n) is 4.26. The second kappa shape index (κ2) is 5.54. The van der Waals surface area contributed by atoms with Crippen LogP contribution in [-0.4, -0.2) is 11.5 Å². The van der Waals surface area contributed by atoms with Gasteiger partial charge in [-0.05, 0) is 38.5 Å². The summed E-state index contributed by atoms with van der Waals surface area (Å²) in [5.41, 5.74) is 2.35. The molecule has 0 aliphatic heterocycles. The van der Waals surface area contributed by atoms with Crippen LogP contribution in [0.25, 0.3) is 0 Å². The van der Waals surface area contributed by atoms with Gasteiger partial charge in [-0.3, -0.25) is 0 Å². The van der Waals surface area contributed by atoms with Gasteiger partial charge in [0.25, 0.3) is 0 Å². The number of aryl methyl sites for hydroxylation is 2. The van der Waals surface area contributed by atoms with Gasteiger partial charge >= 0.3 is 0 Å². The predicted molar refractivity (Wildman–Crippen MR) is 74.4 cm³/mol. The van der Waals surface area contributed by atoms with Gasteiger partial charge in [0.05, 0.1) is 0 Å². The van der Waals surface area contributed by atoms with Crippen molar-refractivity contribution in [1.29, 1.82) is 0 Å². The van der Waals surface area contributed by atoms with Crippen LogP contribution in [0.5, 0.6) is 11.6 Å². The molecule has 1 aromatic carbocycles. The van der Waals surface area contributed by atoms with Gasteiger partial charge in [0.15, 0.2) is 0 Å². The average molecular weight is 242 g/mol. The molecule has 1 N–H and O–H groups in total. The molecule has 0 unspecified atom stereocenters. The minimum absolute atomic E-state index is 0.611. The molecule has 94 valence electrons. The topological polar surface area (TPSA) is 34.1 Å². The molecule has 2 rings (SSSR count). The van der Waals surface area contributed by atoms with E-state index in [4.69, 9.17) is 4.74 Å². The summed E-state index contributed by atoms with van der Waals surface area (Å²) >= 11 is 0. The molecule has 0 saturated heterocycles. The Morgan fingerprint density at radius 2 is 2.00 bits per heavy atom. The third-order valence-corrected chi connectivity index (χ3v) is 2.63. The minimum atomic E-state index is 0.611. The fourth-order valence-corrected chi connectivity index (χ4v) is 1.78. The number of hydrogen-bond acceptors (Lipinski definition) is 3. The molecule has 18 heavy (non-hydrogen) atoms. The average Bonchev–Trinajstić information content (AvgIpc) is 2.34. The monoisotopic (exact) mass is 242 g/mol. The first kappa shape index (κ1) is 12.4. The number of aromatic nitrogens is 1. The summed E-state index contributed by atoms with van der Waals surface area (Å²) in [5.74, 6) is 2.29. The molecule has 0 fully saturated rings. The van der Waals surface area contributed by atoms with Crippen molar-refractivity contribution in [1.82, 2.24) is 4.98 Å². The lowest BCUT2D eigenvalue weighted by Gasteiger charge is -2.09. The maximum Gasteiger partial charge on any atom is 0.221 e. The fraction of sp³-hybridized carbons (Fsp3) is 0.267. The van der Waals surface area contributed by atoms with Crippen LogP contribution in [0.3, 0.4) is 0 Å². The minimum Gasteiger partial charge on any atom is -0.439 e. The van der Waals surface area contributed by atoms with Crippen LogP contribution in [0.1, 0.15) is 18.1 Å². The van der Waals surface area contributed by atoms with Gasteiger partial charge in [0, 0.05) is 12.6 Å².